The summed E-state index contributed by atoms with van der Waals surface area (Å²) in [7, 11) is -4.42. The van der Waals surface area contributed by atoms with Crippen molar-refractivity contribution in [1.29, 1.82) is 0 Å². The minimum absolute atomic E-state index is 0.0398. The van der Waals surface area contributed by atoms with Gasteiger partial charge in [0.2, 0.25) is 0 Å². The standard InChI is InChI=1S/C76H134NO8P/c1-3-5-7-9-11-13-15-17-19-21-23-25-27-29-31-33-34-35-36-37-38-39-41-42-44-46-48-50-52-54-56-58-60-62-64-66-68-75(78)82-72-74(73-84-86(80,81)83-71-70-77)85-76(79)69-67-65-63-61-59-57-55-53-51-49-47-45-43-40-32-30-28-26-24-22-20-18-16-14-12-10-8-6-4-2/h6,8,12,14,18,20,24,26,30,32,43,45,49,51,55,57,61,63,74H,3-5,7,9-11,13,15-17,19,21-23,25,27-29,31,33-42,44,46-48,50,52-54,56,58-60,62,64-73,77H2,1-2H3,(H,80,81)/b8-6-,14-12-,20-18-,26-24-,32-30-,45-43-,51-49-,57-55-,63-61-. The van der Waals surface area contributed by atoms with Crippen LogP contribution in [0.2, 0.25) is 0 Å². The number of rotatable bonds is 67. The predicted octanol–water partition coefficient (Wildman–Crippen LogP) is 23.7. The Kier molecular flexibility index (Phi) is 68.0. The van der Waals surface area contributed by atoms with Crippen molar-refractivity contribution in [2.45, 2.75) is 335 Å². The van der Waals surface area contributed by atoms with Crippen molar-refractivity contribution in [1.82, 2.24) is 0 Å². The molecule has 10 heteroatoms. The van der Waals surface area contributed by atoms with Gasteiger partial charge < -0.3 is 20.1 Å². The lowest BCUT2D eigenvalue weighted by Gasteiger charge is -2.19. The Morgan fingerprint density at radius 1 is 0.360 bits per heavy atom. The predicted molar refractivity (Wildman–Crippen MR) is 371 cm³/mol. The molecule has 0 heterocycles. The van der Waals surface area contributed by atoms with Gasteiger partial charge in [0.15, 0.2) is 6.10 Å². The number of hydrogen-bond donors (Lipinski definition) is 2. The molecule has 9 nitrogen and oxygen atoms in total. The molecule has 0 bridgehead atoms. The Labute approximate surface area is 530 Å². The first-order valence-corrected chi connectivity index (χ1v) is 37.4. The van der Waals surface area contributed by atoms with Gasteiger partial charge in [-0.2, -0.15) is 0 Å². The first-order chi connectivity index (χ1) is 42.3. The summed E-state index contributed by atoms with van der Waals surface area (Å²) in [4.78, 5) is 35.3. The van der Waals surface area contributed by atoms with Crippen molar-refractivity contribution >= 4 is 19.8 Å². The second-order valence-electron chi connectivity index (χ2n) is 23.7. The molecule has 0 radical (unpaired) electrons. The van der Waals surface area contributed by atoms with E-state index in [-0.39, 0.29) is 32.6 Å². The Hall–Kier alpha value is -3.33. The smallest absolute Gasteiger partial charge is 0.462 e. The van der Waals surface area contributed by atoms with Crippen LogP contribution in [-0.2, 0) is 32.7 Å². The van der Waals surface area contributed by atoms with Gasteiger partial charge in [0, 0.05) is 19.4 Å². The zero-order valence-corrected chi connectivity index (χ0v) is 56.7. The minimum Gasteiger partial charge on any atom is -0.462 e. The fourth-order valence-electron chi connectivity index (χ4n) is 10.2. The van der Waals surface area contributed by atoms with Crippen molar-refractivity contribution in [2.24, 2.45) is 5.73 Å². The van der Waals surface area contributed by atoms with Crippen molar-refractivity contribution in [3.63, 3.8) is 0 Å². The third kappa shape index (κ3) is 69.8. The van der Waals surface area contributed by atoms with E-state index in [2.05, 4.69) is 117 Å². The van der Waals surface area contributed by atoms with Gasteiger partial charge in [0.05, 0.1) is 13.2 Å². The third-order valence-corrected chi connectivity index (χ3v) is 16.4. The number of phosphoric acid groups is 1. The molecule has 0 amide bonds. The van der Waals surface area contributed by atoms with E-state index in [0.29, 0.717) is 12.8 Å². The van der Waals surface area contributed by atoms with E-state index in [1.165, 1.54) is 212 Å². The summed E-state index contributed by atoms with van der Waals surface area (Å²) in [6, 6.07) is 0. The summed E-state index contributed by atoms with van der Waals surface area (Å²) in [5.41, 5.74) is 5.40. The molecule has 86 heavy (non-hydrogen) atoms. The second kappa shape index (κ2) is 70.8. The van der Waals surface area contributed by atoms with E-state index < -0.39 is 32.5 Å². The molecule has 0 fully saturated rings. The Morgan fingerprint density at radius 2 is 0.640 bits per heavy atom. The number of carbonyl (C=O) groups excluding carboxylic acids is 2. The van der Waals surface area contributed by atoms with Gasteiger partial charge in [-0.15, -0.1) is 0 Å². The quantitative estimate of drug-likeness (QED) is 0.0264. The van der Waals surface area contributed by atoms with Crippen molar-refractivity contribution < 1.29 is 37.6 Å². The number of phosphoric ester groups is 1. The van der Waals surface area contributed by atoms with Gasteiger partial charge in [-0.1, -0.05) is 348 Å². The van der Waals surface area contributed by atoms with Crippen LogP contribution in [0.15, 0.2) is 109 Å². The average molecular weight is 1220 g/mol. The molecule has 0 aromatic rings. The number of hydrogen-bond acceptors (Lipinski definition) is 8. The summed E-state index contributed by atoms with van der Waals surface area (Å²) < 4.78 is 33.1. The number of nitrogens with two attached hydrogens (primary N) is 1. The molecule has 0 aromatic heterocycles. The molecule has 0 aliphatic heterocycles. The summed E-state index contributed by atoms with van der Waals surface area (Å²) >= 11 is 0. The van der Waals surface area contributed by atoms with Crippen LogP contribution < -0.4 is 5.73 Å². The molecular weight excluding hydrogens is 1090 g/mol. The third-order valence-electron chi connectivity index (χ3n) is 15.4. The summed E-state index contributed by atoms with van der Waals surface area (Å²) in [5, 5.41) is 0. The van der Waals surface area contributed by atoms with Crippen LogP contribution in [0.25, 0.3) is 0 Å². The lowest BCUT2D eigenvalue weighted by Crippen LogP contribution is -2.29. The van der Waals surface area contributed by atoms with Gasteiger partial charge in [-0.05, 0) is 77.0 Å². The topological polar surface area (TPSA) is 134 Å². The first kappa shape index (κ1) is 82.7. The van der Waals surface area contributed by atoms with Crippen molar-refractivity contribution in [3.05, 3.63) is 109 Å². The van der Waals surface area contributed by atoms with Crippen molar-refractivity contribution in [3.8, 4) is 0 Å². The van der Waals surface area contributed by atoms with Crippen LogP contribution >= 0.6 is 7.82 Å². The molecule has 0 spiro atoms. The fourth-order valence-corrected chi connectivity index (χ4v) is 10.9. The van der Waals surface area contributed by atoms with Gasteiger partial charge in [-0.25, -0.2) is 4.57 Å². The minimum atomic E-state index is -4.42. The molecule has 0 aliphatic rings. The highest BCUT2D eigenvalue weighted by Gasteiger charge is 2.26. The second-order valence-corrected chi connectivity index (χ2v) is 25.2. The van der Waals surface area contributed by atoms with Crippen LogP contribution in [0.1, 0.15) is 328 Å². The lowest BCUT2D eigenvalue weighted by atomic mass is 10.0. The highest BCUT2D eigenvalue weighted by atomic mass is 31.2. The molecule has 2 atom stereocenters. The normalized spacial score (nSPS) is 13.6. The monoisotopic (exact) mass is 1220 g/mol. The van der Waals surface area contributed by atoms with Crippen LogP contribution in [0.5, 0.6) is 0 Å². The molecule has 0 saturated heterocycles. The van der Waals surface area contributed by atoms with E-state index in [1.807, 2.05) is 6.08 Å². The summed E-state index contributed by atoms with van der Waals surface area (Å²) in [5.74, 6) is -0.893. The summed E-state index contributed by atoms with van der Waals surface area (Å²) in [6.45, 7) is 3.60. The van der Waals surface area contributed by atoms with Crippen LogP contribution in [0.4, 0.5) is 0 Å². The molecular formula is C76H134NO8P. The fraction of sp³-hybridized carbons (Fsp3) is 0.737. The lowest BCUT2D eigenvalue weighted by molar-refractivity contribution is -0.161. The molecule has 0 saturated carbocycles. The Morgan fingerprint density at radius 3 is 0.942 bits per heavy atom. The van der Waals surface area contributed by atoms with E-state index in [9.17, 15) is 19.0 Å². The van der Waals surface area contributed by atoms with Crippen LogP contribution in [0, 0.1) is 0 Å². The number of allylic oxidation sites excluding steroid dienone is 18. The maximum absolute atomic E-state index is 12.7. The van der Waals surface area contributed by atoms with E-state index in [4.69, 9.17) is 24.3 Å². The first-order valence-electron chi connectivity index (χ1n) is 35.9. The van der Waals surface area contributed by atoms with Gasteiger partial charge in [0.1, 0.15) is 6.61 Å². The largest absolute Gasteiger partial charge is 0.472 e. The van der Waals surface area contributed by atoms with E-state index >= 15 is 0 Å². The molecule has 0 aromatic carbocycles. The van der Waals surface area contributed by atoms with Gasteiger partial charge >= 0.3 is 19.8 Å². The Bertz CT molecular complexity index is 1780. The zero-order valence-electron chi connectivity index (χ0n) is 55.8. The van der Waals surface area contributed by atoms with Crippen LogP contribution in [-0.4, -0.2) is 49.3 Å². The Balaban J connectivity index is 3.92. The molecule has 496 valence electrons. The van der Waals surface area contributed by atoms with E-state index in [1.54, 1.807) is 0 Å². The van der Waals surface area contributed by atoms with Gasteiger partial charge in [-0.3, -0.25) is 18.6 Å². The highest BCUT2D eigenvalue weighted by molar-refractivity contribution is 7.47. The molecule has 3 N–H and O–H groups in total. The summed E-state index contributed by atoms with van der Waals surface area (Å²) in [6.07, 6.45) is 97.9. The average Bonchev–Trinajstić information content (AvgIpc) is 3.55. The number of esters is 2. The highest BCUT2D eigenvalue weighted by Crippen LogP contribution is 2.43. The van der Waals surface area contributed by atoms with Gasteiger partial charge in [0.25, 0.3) is 0 Å². The zero-order chi connectivity index (χ0) is 62.3. The molecule has 2 unspecified atom stereocenters. The van der Waals surface area contributed by atoms with Crippen molar-refractivity contribution in [2.75, 3.05) is 26.4 Å². The maximum atomic E-state index is 12.7. The maximum Gasteiger partial charge on any atom is 0.472 e. The van der Waals surface area contributed by atoms with Crippen LogP contribution in [0.3, 0.4) is 0 Å². The SMILES string of the molecule is CC/C=C\C/C=C\C/C=C\C/C=C\C/C=C\C/C=C\C/C=C\C/C=C\C/C=C\CCCC(=O)OC(COC(=O)CCCCCCCCCCCCCCCCCCCCCCCCCCCCCCCCCCCCCC)COP(=O)(O)OCCN. The molecule has 0 aliphatic carbocycles. The number of ether oxygens (including phenoxy) is 2. The number of unbranched alkanes of at least 4 members (excludes halogenated alkanes) is 36. The number of carbonyl (C=O) groups is 2. The molecule has 0 rings (SSSR count). The van der Waals surface area contributed by atoms with E-state index in [0.717, 1.165) is 77.0 Å².